The summed E-state index contributed by atoms with van der Waals surface area (Å²) in [5.41, 5.74) is 10.5. The van der Waals surface area contributed by atoms with Gasteiger partial charge in [-0.1, -0.05) is 13.8 Å². The Balaban J connectivity index is 1.85. The topological polar surface area (TPSA) is 77.2 Å². The lowest BCUT2D eigenvalue weighted by Gasteiger charge is -2.38. The molecule has 0 bridgehead atoms. The minimum absolute atomic E-state index is 0.165. The van der Waals surface area contributed by atoms with Gasteiger partial charge < -0.3 is 15.4 Å². The summed E-state index contributed by atoms with van der Waals surface area (Å²) in [4.78, 5) is 16.9. The van der Waals surface area contributed by atoms with Gasteiger partial charge in [-0.2, -0.15) is 0 Å². The molecule has 150 valence electrons. The molecule has 0 amide bonds. The highest BCUT2D eigenvalue weighted by molar-refractivity contribution is 5.59. The van der Waals surface area contributed by atoms with Crippen molar-refractivity contribution in [2.45, 2.75) is 71.1 Å². The second kappa shape index (κ2) is 7.76. The van der Waals surface area contributed by atoms with Crippen molar-refractivity contribution in [3.63, 3.8) is 0 Å². The quantitative estimate of drug-likeness (QED) is 0.875. The number of ether oxygens (including phenoxy) is 1. The molecule has 0 spiro atoms. The van der Waals surface area contributed by atoms with E-state index in [0.717, 1.165) is 67.8 Å². The molecule has 0 radical (unpaired) electrons. The first-order valence-electron chi connectivity index (χ1n) is 10.6. The predicted molar refractivity (Wildman–Crippen MR) is 111 cm³/mol. The molecule has 1 aliphatic carbocycles. The van der Waals surface area contributed by atoms with Crippen molar-refractivity contribution in [3.8, 4) is 11.5 Å². The number of nitrogens with zero attached hydrogens (tertiary/aromatic N) is 4. The second-order valence-electron chi connectivity index (χ2n) is 7.98. The number of hydrogen-bond acceptors (Lipinski definition) is 6. The molecular formula is C22H31N5O. The van der Waals surface area contributed by atoms with Crippen molar-refractivity contribution in [1.29, 1.82) is 0 Å². The summed E-state index contributed by atoms with van der Waals surface area (Å²) in [5.74, 6) is 1.73. The molecule has 0 aromatic carbocycles. The van der Waals surface area contributed by atoms with Crippen LogP contribution >= 0.6 is 0 Å². The van der Waals surface area contributed by atoms with Crippen LogP contribution in [0.5, 0.6) is 0 Å². The monoisotopic (exact) mass is 381 g/mol. The maximum absolute atomic E-state index is 6.70. The number of rotatable bonds is 4. The lowest BCUT2D eigenvalue weighted by atomic mass is 10.0. The number of anilines is 1. The smallest absolute Gasteiger partial charge is 0.180 e. The molecule has 3 heterocycles. The van der Waals surface area contributed by atoms with E-state index >= 15 is 0 Å². The molecule has 2 N–H and O–H groups in total. The van der Waals surface area contributed by atoms with E-state index < -0.39 is 5.72 Å². The van der Waals surface area contributed by atoms with Gasteiger partial charge in [0.1, 0.15) is 17.2 Å². The zero-order chi connectivity index (χ0) is 19.7. The zero-order valence-corrected chi connectivity index (χ0v) is 17.2. The van der Waals surface area contributed by atoms with E-state index in [0.29, 0.717) is 12.4 Å². The number of fused-ring (bicyclic) bond motifs is 1. The van der Waals surface area contributed by atoms with Crippen LogP contribution in [0.3, 0.4) is 0 Å². The van der Waals surface area contributed by atoms with Gasteiger partial charge in [0, 0.05) is 24.0 Å². The molecule has 2 atom stereocenters. The van der Waals surface area contributed by atoms with Gasteiger partial charge in [-0.05, 0) is 63.1 Å². The van der Waals surface area contributed by atoms with Gasteiger partial charge in [-0.25, -0.2) is 9.97 Å². The van der Waals surface area contributed by atoms with Crippen LogP contribution in [0.4, 0.5) is 5.82 Å². The van der Waals surface area contributed by atoms with Crippen LogP contribution < -0.4 is 10.6 Å². The van der Waals surface area contributed by atoms with Crippen LogP contribution in [0.15, 0.2) is 18.3 Å². The number of nitrogens with two attached hydrogens (primary N) is 1. The minimum atomic E-state index is -0.569. The van der Waals surface area contributed by atoms with E-state index in [1.54, 1.807) is 0 Å². The van der Waals surface area contributed by atoms with E-state index in [4.69, 9.17) is 20.4 Å². The Hall–Kier alpha value is -2.05. The summed E-state index contributed by atoms with van der Waals surface area (Å²) >= 11 is 0. The van der Waals surface area contributed by atoms with Crippen LogP contribution in [-0.2, 0) is 17.6 Å². The van der Waals surface area contributed by atoms with Crippen molar-refractivity contribution >= 4 is 5.82 Å². The molecule has 6 nitrogen and oxygen atoms in total. The van der Waals surface area contributed by atoms with Gasteiger partial charge in [0.15, 0.2) is 5.82 Å². The van der Waals surface area contributed by atoms with Crippen molar-refractivity contribution in [3.05, 3.63) is 35.2 Å². The first-order valence-corrected chi connectivity index (χ1v) is 10.6. The molecular weight excluding hydrogens is 350 g/mol. The van der Waals surface area contributed by atoms with E-state index in [2.05, 4.69) is 36.7 Å². The average Bonchev–Trinajstić information content (AvgIpc) is 3.00. The Labute approximate surface area is 167 Å². The maximum Gasteiger partial charge on any atom is 0.180 e. The molecule has 2 fully saturated rings. The van der Waals surface area contributed by atoms with Crippen LogP contribution in [0.2, 0.25) is 0 Å². The van der Waals surface area contributed by atoms with Crippen LogP contribution in [0.1, 0.15) is 56.4 Å². The molecule has 1 saturated heterocycles. The molecule has 1 saturated carbocycles. The Morgan fingerprint density at radius 3 is 2.86 bits per heavy atom. The van der Waals surface area contributed by atoms with E-state index in [-0.39, 0.29) is 6.04 Å². The summed E-state index contributed by atoms with van der Waals surface area (Å²) in [6.45, 7) is 8.04. The van der Waals surface area contributed by atoms with Crippen molar-refractivity contribution < 1.29 is 4.74 Å². The van der Waals surface area contributed by atoms with Gasteiger partial charge in [0.05, 0.1) is 12.6 Å². The zero-order valence-electron chi connectivity index (χ0n) is 17.2. The van der Waals surface area contributed by atoms with Crippen molar-refractivity contribution in [1.82, 2.24) is 15.0 Å². The highest BCUT2D eigenvalue weighted by Crippen LogP contribution is 2.39. The number of aromatic nitrogens is 3. The lowest BCUT2D eigenvalue weighted by molar-refractivity contribution is -0.0376. The third kappa shape index (κ3) is 3.40. The Bertz CT molecular complexity index is 855. The summed E-state index contributed by atoms with van der Waals surface area (Å²) in [6.07, 6.45) is 7.62. The van der Waals surface area contributed by atoms with E-state index in [1.165, 1.54) is 5.56 Å². The van der Waals surface area contributed by atoms with Gasteiger partial charge in [0.2, 0.25) is 0 Å². The molecule has 2 aliphatic rings. The molecule has 1 aliphatic heterocycles. The normalized spacial score (nSPS) is 24.9. The largest absolute Gasteiger partial charge is 0.359 e. The first-order chi connectivity index (χ1) is 13.6. The standard InChI is InChI=1S/C22H31N5O/c1-4-16-17(5-2)25-20(18-14-15(3)9-11-24-18)26-21(16)27-12-7-13-28-22(23)10-6-8-19(22)27/h9,11,14,19H,4-8,10,12-13,23H2,1-3H3/t19?,22-/m1/s1. The Morgan fingerprint density at radius 2 is 2.11 bits per heavy atom. The number of aryl methyl sites for hydroxylation is 2. The maximum atomic E-state index is 6.70. The fraction of sp³-hybridized carbons (Fsp3) is 0.591. The molecule has 4 rings (SSSR count). The predicted octanol–water partition coefficient (Wildman–Crippen LogP) is 3.41. The molecule has 28 heavy (non-hydrogen) atoms. The summed E-state index contributed by atoms with van der Waals surface area (Å²) in [5, 5.41) is 0. The molecule has 6 heteroatoms. The fourth-order valence-corrected chi connectivity index (χ4v) is 4.66. The number of pyridine rings is 1. The third-order valence-electron chi connectivity index (χ3n) is 6.08. The minimum Gasteiger partial charge on any atom is -0.359 e. The second-order valence-corrected chi connectivity index (χ2v) is 7.98. The summed E-state index contributed by atoms with van der Waals surface area (Å²) < 4.78 is 6.11. The van der Waals surface area contributed by atoms with Gasteiger partial charge >= 0.3 is 0 Å². The molecule has 1 unspecified atom stereocenters. The Kier molecular flexibility index (Phi) is 5.34. The third-order valence-corrected chi connectivity index (χ3v) is 6.08. The van der Waals surface area contributed by atoms with Crippen molar-refractivity contribution in [2.75, 3.05) is 18.1 Å². The first kappa shape index (κ1) is 19.3. The number of hydrogen-bond donors (Lipinski definition) is 1. The molecule has 2 aromatic rings. The van der Waals surface area contributed by atoms with Crippen LogP contribution in [0, 0.1) is 6.92 Å². The van der Waals surface area contributed by atoms with Crippen molar-refractivity contribution in [2.24, 2.45) is 5.73 Å². The highest BCUT2D eigenvalue weighted by Gasteiger charge is 2.46. The highest BCUT2D eigenvalue weighted by atomic mass is 16.5. The average molecular weight is 382 g/mol. The van der Waals surface area contributed by atoms with Crippen LogP contribution in [-0.4, -0.2) is 39.9 Å². The van der Waals surface area contributed by atoms with Gasteiger partial charge in [0.25, 0.3) is 0 Å². The van der Waals surface area contributed by atoms with Gasteiger partial charge in [-0.3, -0.25) is 4.98 Å². The Morgan fingerprint density at radius 1 is 1.25 bits per heavy atom. The SMILES string of the molecule is CCc1nc(-c2cc(C)ccn2)nc(N2CCCO[C@]3(N)CCCC23)c1CC. The fourth-order valence-electron chi connectivity index (χ4n) is 4.66. The van der Waals surface area contributed by atoms with E-state index in [9.17, 15) is 0 Å². The van der Waals surface area contributed by atoms with Crippen LogP contribution in [0.25, 0.3) is 11.5 Å². The molecule has 2 aromatic heterocycles. The van der Waals surface area contributed by atoms with E-state index in [1.807, 2.05) is 12.3 Å². The van der Waals surface area contributed by atoms with Gasteiger partial charge in [-0.15, -0.1) is 0 Å². The lowest BCUT2D eigenvalue weighted by Crippen LogP contribution is -2.56. The summed E-state index contributed by atoms with van der Waals surface area (Å²) in [6, 6.07) is 4.22. The summed E-state index contributed by atoms with van der Waals surface area (Å²) in [7, 11) is 0.